The van der Waals surface area contributed by atoms with Crippen molar-refractivity contribution in [2.45, 2.75) is 20.3 Å². The molecule has 0 aliphatic heterocycles. The van der Waals surface area contributed by atoms with Crippen LogP contribution in [0.5, 0.6) is 0 Å². The fraction of sp³-hybridized carbons (Fsp3) is 0.300. The fourth-order valence-electron chi connectivity index (χ4n) is 1.01. The molecule has 0 amide bonds. The first kappa shape index (κ1) is 11.8. The molecule has 0 radical (unpaired) electrons. The van der Waals surface area contributed by atoms with Gasteiger partial charge in [-0.15, -0.1) is 0 Å². The van der Waals surface area contributed by atoms with Crippen molar-refractivity contribution in [3.8, 4) is 0 Å². The lowest BCUT2D eigenvalue weighted by Crippen LogP contribution is -2.08. The molecule has 0 unspecified atom stereocenters. The maximum absolute atomic E-state index is 11.7. The molecule has 0 aliphatic rings. The number of aliphatic hydroxyl groups is 1. The van der Waals surface area contributed by atoms with Gasteiger partial charge in [-0.05, 0) is 28.9 Å². The minimum Gasteiger partial charge on any atom is -0.512 e. The number of aromatic nitrogens is 2. The molecule has 0 saturated heterocycles. The summed E-state index contributed by atoms with van der Waals surface area (Å²) in [6, 6.07) is 1.63. The summed E-state index contributed by atoms with van der Waals surface area (Å²) in [4.78, 5) is 19.5. The summed E-state index contributed by atoms with van der Waals surface area (Å²) in [6.45, 7) is 3.33. The molecule has 0 atom stereocenters. The Morgan fingerprint density at radius 3 is 2.80 bits per heavy atom. The van der Waals surface area contributed by atoms with Gasteiger partial charge in [-0.25, -0.2) is 9.97 Å². The van der Waals surface area contributed by atoms with Gasteiger partial charge in [0.25, 0.3) is 0 Å². The largest absolute Gasteiger partial charge is 0.512 e. The second-order valence-electron chi connectivity index (χ2n) is 2.96. The van der Waals surface area contributed by atoms with Crippen LogP contribution in [-0.4, -0.2) is 20.9 Å². The van der Waals surface area contributed by atoms with Crippen molar-refractivity contribution in [2.75, 3.05) is 0 Å². The molecule has 4 nitrogen and oxygen atoms in total. The van der Waals surface area contributed by atoms with Crippen molar-refractivity contribution in [1.82, 2.24) is 9.97 Å². The Kier molecular flexibility index (Phi) is 3.96. The molecule has 0 spiro atoms. The first-order valence-corrected chi connectivity index (χ1v) is 5.27. The van der Waals surface area contributed by atoms with Crippen LogP contribution in [0.4, 0.5) is 0 Å². The van der Waals surface area contributed by atoms with Crippen LogP contribution in [0.25, 0.3) is 0 Å². The van der Waals surface area contributed by atoms with Crippen LogP contribution in [0, 0.1) is 0 Å². The molecule has 0 aliphatic carbocycles. The molecular weight excluding hydrogens is 260 g/mol. The zero-order valence-electron chi connectivity index (χ0n) is 8.49. The van der Waals surface area contributed by atoms with Crippen LogP contribution in [-0.2, 0) is 0 Å². The number of halogens is 1. The van der Waals surface area contributed by atoms with Gasteiger partial charge in [-0.3, -0.25) is 4.79 Å². The van der Waals surface area contributed by atoms with E-state index in [1.165, 1.54) is 6.20 Å². The molecule has 0 saturated carbocycles. The third-order valence-electron chi connectivity index (χ3n) is 1.93. The molecule has 15 heavy (non-hydrogen) atoms. The minimum absolute atomic E-state index is 0.0728. The predicted octanol–water partition coefficient (Wildman–Crippen LogP) is 2.66. The summed E-state index contributed by atoms with van der Waals surface area (Å²) in [5, 5.41) is 9.42. The molecule has 1 heterocycles. The van der Waals surface area contributed by atoms with Crippen LogP contribution in [0.1, 0.15) is 30.9 Å². The quantitative estimate of drug-likeness (QED) is 0.397. The standard InChI is InChI=1S/C10H11BrN2O2/c1-3-7(14)6(2)9(15)10-12-5-4-8(11)13-10/h4-5,14H,3H2,1-2H3/b7-6-. The molecule has 1 N–H and O–H groups in total. The van der Waals surface area contributed by atoms with Crippen molar-refractivity contribution in [3.05, 3.63) is 34.0 Å². The summed E-state index contributed by atoms with van der Waals surface area (Å²) in [7, 11) is 0. The van der Waals surface area contributed by atoms with Gasteiger partial charge in [0.15, 0.2) is 0 Å². The number of ketones is 1. The van der Waals surface area contributed by atoms with Crippen molar-refractivity contribution >= 4 is 21.7 Å². The summed E-state index contributed by atoms with van der Waals surface area (Å²) in [6.07, 6.45) is 1.91. The lowest BCUT2D eigenvalue weighted by molar-refractivity contribution is 0.101. The molecule has 1 rings (SSSR count). The fourth-order valence-corrected chi connectivity index (χ4v) is 1.30. The van der Waals surface area contributed by atoms with Gasteiger partial charge in [0.2, 0.25) is 11.6 Å². The van der Waals surface area contributed by atoms with Crippen LogP contribution < -0.4 is 0 Å². The van der Waals surface area contributed by atoms with E-state index in [0.29, 0.717) is 11.0 Å². The van der Waals surface area contributed by atoms with Gasteiger partial charge < -0.3 is 5.11 Å². The number of hydrogen-bond acceptors (Lipinski definition) is 4. The lowest BCUT2D eigenvalue weighted by Gasteiger charge is -2.02. The summed E-state index contributed by atoms with van der Waals surface area (Å²) in [5.41, 5.74) is 0.288. The third kappa shape index (κ3) is 2.86. The molecule has 0 aromatic carbocycles. The first-order chi connectivity index (χ1) is 7.06. The maximum Gasteiger partial charge on any atom is 0.229 e. The van der Waals surface area contributed by atoms with E-state index in [0.717, 1.165) is 0 Å². The molecule has 1 aromatic heterocycles. The summed E-state index contributed by atoms with van der Waals surface area (Å²) >= 11 is 3.15. The molecular formula is C10H11BrN2O2. The average molecular weight is 271 g/mol. The number of Topliss-reactive ketones (excluding diaryl/α,β-unsaturated/α-hetero) is 1. The van der Waals surface area contributed by atoms with Crippen LogP contribution in [0.15, 0.2) is 28.2 Å². The number of carbonyl (C=O) groups excluding carboxylic acids is 1. The maximum atomic E-state index is 11.7. The zero-order chi connectivity index (χ0) is 11.4. The van der Waals surface area contributed by atoms with Crippen molar-refractivity contribution in [1.29, 1.82) is 0 Å². The van der Waals surface area contributed by atoms with Crippen LogP contribution in [0.2, 0.25) is 0 Å². The number of allylic oxidation sites excluding steroid dienone is 2. The Hall–Kier alpha value is -1.23. The summed E-state index contributed by atoms with van der Waals surface area (Å²) < 4.78 is 0.546. The van der Waals surface area contributed by atoms with Gasteiger partial charge in [-0.2, -0.15) is 0 Å². The van der Waals surface area contributed by atoms with E-state index in [-0.39, 0.29) is 22.9 Å². The normalized spacial score (nSPS) is 12.2. The topological polar surface area (TPSA) is 63.1 Å². The van der Waals surface area contributed by atoms with E-state index in [1.807, 2.05) is 0 Å². The van der Waals surface area contributed by atoms with Crippen LogP contribution in [0.3, 0.4) is 0 Å². The predicted molar refractivity (Wildman–Crippen MR) is 59.7 cm³/mol. The Morgan fingerprint density at radius 1 is 1.60 bits per heavy atom. The molecule has 80 valence electrons. The van der Waals surface area contributed by atoms with E-state index < -0.39 is 0 Å². The van der Waals surface area contributed by atoms with E-state index in [2.05, 4.69) is 25.9 Å². The Balaban J connectivity index is 3.05. The molecule has 0 bridgehead atoms. The third-order valence-corrected chi connectivity index (χ3v) is 2.37. The van der Waals surface area contributed by atoms with Gasteiger partial charge in [-0.1, -0.05) is 6.92 Å². The van der Waals surface area contributed by atoms with E-state index in [1.54, 1.807) is 19.9 Å². The second-order valence-corrected chi connectivity index (χ2v) is 3.77. The Morgan fingerprint density at radius 2 is 2.27 bits per heavy atom. The Labute approximate surface area is 96.2 Å². The minimum atomic E-state index is -0.351. The smallest absolute Gasteiger partial charge is 0.229 e. The average Bonchev–Trinajstić information content (AvgIpc) is 2.26. The van der Waals surface area contributed by atoms with Gasteiger partial charge in [0.05, 0.1) is 5.76 Å². The highest BCUT2D eigenvalue weighted by Crippen LogP contribution is 2.11. The molecule has 0 fully saturated rings. The molecule has 5 heteroatoms. The zero-order valence-corrected chi connectivity index (χ0v) is 10.1. The summed E-state index contributed by atoms with van der Waals surface area (Å²) in [5.74, 6) is -0.193. The lowest BCUT2D eigenvalue weighted by atomic mass is 10.1. The monoisotopic (exact) mass is 270 g/mol. The van der Waals surface area contributed by atoms with E-state index in [9.17, 15) is 9.90 Å². The molecule has 1 aromatic rings. The van der Waals surface area contributed by atoms with E-state index >= 15 is 0 Å². The van der Waals surface area contributed by atoms with Crippen molar-refractivity contribution < 1.29 is 9.90 Å². The number of nitrogens with zero attached hydrogens (tertiary/aromatic N) is 2. The highest BCUT2D eigenvalue weighted by atomic mass is 79.9. The van der Waals surface area contributed by atoms with Crippen LogP contribution >= 0.6 is 15.9 Å². The number of aliphatic hydroxyl groups excluding tert-OH is 1. The highest BCUT2D eigenvalue weighted by Gasteiger charge is 2.14. The number of carbonyl (C=O) groups is 1. The Bertz CT molecular complexity index is 416. The van der Waals surface area contributed by atoms with E-state index in [4.69, 9.17) is 0 Å². The van der Waals surface area contributed by atoms with Gasteiger partial charge >= 0.3 is 0 Å². The highest BCUT2D eigenvalue weighted by molar-refractivity contribution is 9.10. The first-order valence-electron chi connectivity index (χ1n) is 4.48. The number of rotatable bonds is 3. The second kappa shape index (κ2) is 5.02. The SMILES string of the molecule is CC/C(O)=C(\C)C(=O)c1nccc(Br)n1. The van der Waals surface area contributed by atoms with Gasteiger partial charge in [0, 0.05) is 18.2 Å². The van der Waals surface area contributed by atoms with Gasteiger partial charge in [0.1, 0.15) is 4.60 Å². The number of hydrogen-bond donors (Lipinski definition) is 1. The van der Waals surface area contributed by atoms with Crippen molar-refractivity contribution in [2.24, 2.45) is 0 Å². The van der Waals surface area contributed by atoms with Crippen molar-refractivity contribution in [3.63, 3.8) is 0 Å².